The Morgan fingerprint density at radius 2 is 1.92 bits per heavy atom. The molecular weight excluding hydrogens is 144 g/mol. The summed E-state index contributed by atoms with van der Waals surface area (Å²) in [6.45, 7) is 9.49. The van der Waals surface area contributed by atoms with E-state index in [0.717, 1.165) is 23.7 Å². The third-order valence-corrected chi connectivity index (χ3v) is 3.83. The van der Waals surface area contributed by atoms with E-state index in [-0.39, 0.29) is 0 Å². The molecule has 1 rings (SSSR count). The summed E-state index contributed by atoms with van der Waals surface area (Å²) in [5, 5.41) is 0. The predicted octanol–water partition coefficient (Wildman–Crippen LogP) is 4.10. The Morgan fingerprint density at radius 1 is 1.25 bits per heavy atom. The van der Waals surface area contributed by atoms with Crippen molar-refractivity contribution < 1.29 is 0 Å². The second-order valence-corrected chi connectivity index (χ2v) is 4.63. The van der Waals surface area contributed by atoms with Crippen LogP contribution < -0.4 is 0 Å². The maximum atomic E-state index is 2.44. The van der Waals surface area contributed by atoms with Crippen LogP contribution in [0.4, 0.5) is 0 Å². The average Bonchev–Trinajstić information content (AvgIpc) is 2.72. The lowest BCUT2D eigenvalue weighted by Gasteiger charge is -2.06. The summed E-state index contributed by atoms with van der Waals surface area (Å²) < 4.78 is 0. The predicted molar refractivity (Wildman–Crippen MR) is 55.1 cm³/mol. The first-order valence-electron chi connectivity index (χ1n) is 5.72. The van der Waals surface area contributed by atoms with Gasteiger partial charge in [0, 0.05) is 0 Å². The van der Waals surface area contributed by atoms with Gasteiger partial charge in [-0.25, -0.2) is 0 Å². The van der Waals surface area contributed by atoms with Crippen molar-refractivity contribution in [2.24, 2.45) is 23.7 Å². The lowest BCUT2D eigenvalue weighted by Crippen LogP contribution is -1.97. The van der Waals surface area contributed by atoms with Gasteiger partial charge in [-0.05, 0) is 30.1 Å². The van der Waals surface area contributed by atoms with Crippen LogP contribution in [-0.4, -0.2) is 0 Å². The first-order chi connectivity index (χ1) is 5.72. The molecule has 0 aliphatic heterocycles. The van der Waals surface area contributed by atoms with Crippen LogP contribution in [0.25, 0.3) is 0 Å². The summed E-state index contributed by atoms with van der Waals surface area (Å²) in [4.78, 5) is 0. The average molecular weight is 168 g/mol. The van der Waals surface area contributed by atoms with Crippen molar-refractivity contribution in [1.29, 1.82) is 0 Å². The molecule has 0 spiro atoms. The fraction of sp³-hybridized carbons (Fsp3) is 1.00. The van der Waals surface area contributed by atoms with Crippen LogP contribution in [0.5, 0.6) is 0 Å². The van der Waals surface area contributed by atoms with E-state index >= 15 is 0 Å². The fourth-order valence-electron chi connectivity index (χ4n) is 2.69. The van der Waals surface area contributed by atoms with Crippen LogP contribution in [0.3, 0.4) is 0 Å². The summed E-state index contributed by atoms with van der Waals surface area (Å²) in [6, 6.07) is 0. The molecule has 0 aromatic heterocycles. The summed E-state index contributed by atoms with van der Waals surface area (Å²) in [5.41, 5.74) is 0. The minimum atomic E-state index is 0.974. The number of rotatable bonds is 5. The molecule has 4 unspecified atom stereocenters. The first-order valence-corrected chi connectivity index (χ1v) is 5.72. The smallest absolute Gasteiger partial charge is 0.0329 e. The highest BCUT2D eigenvalue weighted by atomic mass is 14.5. The molecule has 1 fully saturated rings. The van der Waals surface area contributed by atoms with Gasteiger partial charge in [-0.1, -0.05) is 47.0 Å². The van der Waals surface area contributed by atoms with Crippen molar-refractivity contribution in [1.82, 2.24) is 0 Å². The van der Waals surface area contributed by atoms with Crippen molar-refractivity contribution >= 4 is 0 Å². The lowest BCUT2D eigenvalue weighted by atomic mass is 9.99. The van der Waals surface area contributed by atoms with E-state index in [9.17, 15) is 0 Å². The van der Waals surface area contributed by atoms with Gasteiger partial charge in [-0.2, -0.15) is 0 Å². The lowest BCUT2D eigenvalue weighted by molar-refractivity contribution is 0.440. The van der Waals surface area contributed by atoms with Crippen LogP contribution in [0.15, 0.2) is 0 Å². The Bertz CT molecular complexity index is 128. The van der Waals surface area contributed by atoms with Crippen LogP contribution >= 0.6 is 0 Å². The highest BCUT2D eigenvalue weighted by molar-refractivity contribution is 4.95. The van der Waals surface area contributed by atoms with E-state index in [2.05, 4.69) is 27.7 Å². The van der Waals surface area contributed by atoms with E-state index in [4.69, 9.17) is 0 Å². The monoisotopic (exact) mass is 168 g/mol. The molecule has 0 aromatic carbocycles. The maximum absolute atomic E-state index is 2.44. The molecule has 0 heteroatoms. The Morgan fingerprint density at radius 3 is 2.42 bits per heavy atom. The molecule has 0 nitrogen and oxygen atoms in total. The summed E-state index contributed by atoms with van der Waals surface area (Å²) in [7, 11) is 0. The van der Waals surface area contributed by atoms with E-state index in [1.165, 1.54) is 25.7 Å². The van der Waals surface area contributed by atoms with Crippen molar-refractivity contribution in [2.45, 2.75) is 53.4 Å². The number of hydrogen-bond acceptors (Lipinski definition) is 0. The molecule has 12 heavy (non-hydrogen) atoms. The van der Waals surface area contributed by atoms with Gasteiger partial charge in [0.25, 0.3) is 0 Å². The Balaban J connectivity index is 2.22. The summed E-state index contributed by atoms with van der Waals surface area (Å²) >= 11 is 0. The van der Waals surface area contributed by atoms with Crippen LogP contribution in [0.1, 0.15) is 53.4 Å². The quantitative estimate of drug-likeness (QED) is 0.579. The first kappa shape index (κ1) is 10.1. The summed E-state index contributed by atoms with van der Waals surface area (Å²) in [6.07, 6.45) is 5.68. The Hall–Kier alpha value is 0. The highest BCUT2D eigenvalue weighted by Gasteiger charge is 2.47. The van der Waals surface area contributed by atoms with Gasteiger partial charge < -0.3 is 0 Å². The third kappa shape index (κ3) is 2.02. The zero-order chi connectivity index (χ0) is 9.14. The molecule has 1 saturated carbocycles. The molecule has 1 aliphatic rings. The zero-order valence-corrected chi connectivity index (χ0v) is 9.14. The molecular formula is C12H24. The Labute approximate surface area is 77.7 Å². The van der Waals surface area contributed by atoms with Crippen molar-refractivity contribution in [2.75, 3.05) is 0 Å². The van der Waals surface area contributed by atoms with Gasteiger partial charge >= 0.3 is 0 Å². The standard InChI is InChI=1S/C12H24/c1-5-7-8-11-10(4)12(11)9(3)6-2/h9-12H,5-8H2,1-4H3. The molecule has 0 saturated heterocycles. The van der Waals surface area contributed by atoms with Gasteiger partial charge in [-0.3, -0.25) is 0 Å². The van der Waals surface area contributed by atoms with E-state index in [1.54, 1.807) is 0 Å². The van der Waals surface area contributed by atoms with Gasteiger partial charge in [0.1, 0.15) is 0 Å². The van der Waals surface area contributed by atoms with Crippen molar-refractivity contribution in [3.8, 4) is 0 Å². The van der Waals surface area contributed by atoms with Crippen LogP contribution in [-0.2, 0) is 0 Å². The molecule has 0 amide bonds. The number of hydrogen-bond donors (Lipinski definition) is 0. The molecule has 0 heterocycles. The SMILES string of the molecule is CCCCC1C(C)C1C(C)CC. The fourth-order valence-corrected chi connectivity index (χ4v) is 2.69. The van der Waals surface area contributed by atoms with Gasteiger partial charge in [0.2, 0.25) is 0 Å². The maximum Gasteiger partial charge on any atom is -0.0329 e. The molecule has 0 bridgehead atoms. The summed E-state index contributed by atoms with van der Waals surface area (Å²) in [5.74, 6) is 4.16. The van der Waals surface area contributed by atoms with E-state index in [0.29, 0.717) is 0 Å². The van der Waals surface area contributed by atoms with Crippen LogP contribution in [0, 0.1) is 23.7 Å². The topological polar surface area (TPSA) is 0 Å². The molecule has 0 radical (unpaired) electrons. The van der Waals surface area contributed by atoms with Gasteiger partial charge in [-0.15, -0.1) is 0 Å². The van der Waals surface area contributed by atoms with Gasteiger partial charge in [0.05, 0.1) is 0 Å². The van der Waals surface area contributed by atoms with E-state index in [1.807, 2.05) is 0 Å². The van der Waals surface area contributed by atoms with E-state index < -0.39 is 0 Å². The normalized spacial score (nSPS) is 36.5. The zero-order valence-electron chi connectivity index (χ0n) is 9.14. The van der Waals surface area contributed by atoms with Crippen LogP contribution in [0.2, 0.25) is 0 Å². The molecule has 0 N–H and O–H groups in total. The molecule has 4 atom stereocenters. The molecule has 1 aliphatic carbocycles. The highest BCUT2D eigenvalue weighted by Crippen LogP contribution is 2.53. The Kier molecular flexibility index (Phi) is 3.61. The minimum Gasteiger partial charge on any atom is -0.0654 e. The minimum absolute atomic E-state index is 0.974. The molecule has 72 valence electrons. The second kappa shape index (κ2) is 4.30. The van der Waals surface area contributed by atoms with Crippen molar-refractivity contribution in [3.05, 3.63) is 0 Å². The van der Waals surface area contributed by atoms with Crippen molar-refractivity contribution in [3.63, 3.8) is 0 Å². The largest absolute Gasteiger partial charge is 0.0654 e. The molecule has 0 aromatic rings. The van der Waals surface area contributed by atoms with Gasteiger partial charge in [0.15, 0.2) is 0 Å². The second-order valence-electron chi connectivity index (χ2n) is 4.63. The third-order valence-electron chi connectivity index (χ3n) is 3.83. The number of unbranched alkanes of at least 4 members (excludes halogenated alkanes) is 1.